The molecule has 2 rings (SSSR count). The number of pyridine rings is 1. The minimum Gasteiger partial charge on any atom is -0.384 e. The number of hydrogen-bond acceptors (Lipinski definition) is 5. The van der Waals surface area contributed by atoms with Crippen molar-refractivity contribution in [3.8, 4) is 0 Å². The Labute approximate surface area is 134 Å². The number of nitro benzene ring substituents is 1. The number of para-hydroxylation sites is 1. The lowest BCUT2D eigenvalue weighted by molar-refractivity contribution is -0.383. The van der Waals surface area contributed by atoms with Gasteiger partial charge in [0.05, 0.1) is 4.92 Å². The van der Waals surface area contributed by atoms with E-state index in [9.17, 15) is 14.9 Å². The van der Waals surface area contributed by atoms with Gasteiger partial charge in [-0.25, -0.2) is 4.98 Å². The van der Waals surface area contributed by atoms with Gasteiger partial charge in [0.15, 0.2) is 5.52 Å². The molecule has 2 aromatic rings. The lowest BCUT2D eigenvalue weighted by Crippen LogP contribution is -2.25. The predicted molar refractivity (Wildman–Crippen MR) is 89.5 cm³/mol. The summed E-state index contributed by atoms with van der Waals surface area (Å²) in [5.41, 5.74) is 1.77. The molecule has 0 aliphatic rings. The Morgan fingerprint density at radius 3 is 2.83 bits per heavy atom. The van der Waals surface area contributed by atoms with E-state index < -0.39 is 4.92 Å². The number of nitrogens with one attached hydrogen (secondary N) is 2. The van der Waals surface area contributed by atoms with Crippen molar-refractivity contribution in [2.75, 3.05) is 18.4 Å². The van der Waals surface area contributed by atoms with Gasteiger partial charge in [-0.2, -0.15) is 0 Å². The molecule has 0 saturated carbocycles. The molecular weight excluding hydrogens is 296 g/mol. The molecule has 23 heavy (non-hydrogen) atoms. The summed E-state index contributed by atoms with van der Waals surface area (Å²) in [6, 6.07) is 6.69. The maximum atomic E-state index is 11.6. The molecule has 0 atom stereocenters. The number of amides is 1. The van der Waals surface area contributed by atoms with E-state index in [2.05, 4.69) is 15.6 Å². The van der Waals surface area contributed by atoms with Gasteiger partial charge in [-0.15, -0.1) is 0 Å². The SMILES string of the molecule is CCCNC(=O)CCNc1cc(C)nc2c([N+](=O)[O-])cccc12. The third kappa shape index (κ3) is 4.15. The van der Waals surface area contributed by atoms with Gasteiger partial charge in [0.25, 0.3) is 5.69 Å². The van der Waals surface area contributed by atoms with Gasteiger partial charge >= 0.3 is 0 Å². The maximum Gasteiger partial charge on any atom is 0.295 e. The average Bonchev–Trinajstić information content (AvgIpc) is 2.52. The average molecular weight is 316 g/mol. The highest BCUT2D eigenvalue weighted by molar-refractivity contribution is 5.96. The van der Waals surface area contributed by atoms with Crippen LogP contribution in [-0.4, -0.2) is 28.9 Å². The fourth-order valence-corrected chi connectivity index (χ4v) is 2.32. The third-order valence-corrected chi connectivity index (χ3v) is 3.38. The van der Waals surface area contributed by atoms with Crippen LogP contribution in [0.5, 0.6) is 0 Å². The number of fused-ring (bicyclic) bond motifs is 1. The number of anilines is 1. The number of non-ortho nitro benzene ring substituents is 1. The Morgan fingerprint density at radius 1 is 1.35 bits per heavy atom. The van der Waals surface area contributed by atoms with Gasteiger partial charge in [0.2, 0.25) is 5.91 Å². The zero-order valence-electron chi connectivity index (χ0n) is 13.3. The summed E-state index contributed by atoms with van der Waals surface area (Å²) in [7, 11) is 0. The van der Waals surface area contributed by atoms with Crippen LogP contribution < -0.4 is 10.6 Å². The van der Waals surface area contributed by atoms with Crippen molar-refractivity contribution in [2.45, 2.75) is 26.7 Å². The van der Waals surface area contributed by atoms with E-state index in [0.717, 1.165) is 12.1 Å². The first-order chi connectivity index (χ1) is 11.0. The molecule has 2 N–H and O–H groups in total. The lowest BCUT2D eigenvalue weighted by atomic mass is 10.1. The van der Waals surface area contributed by atoms with Crippen LogP contribution in [0.3, 0.4) is 0 Å². The summed E-state index contributed by atoms with van der Waals surface area (Å²) < 4.78 is 0. The smallest absolute Gasteiger partial charge is 0.295 e. The summed E-state index contributed by atoms with van der Waals surface area (Å²) in [6.45, 7) is 4.91. The molecule has 1 heterocycles. The summed E-state index contributed by atoms with van der Waals surface area (Å²) in [5.74, 6) is -0.0135. The maximum absolute atomic E-state index is 11.6. The van der Waals surface area contributed by atoms with E-state index in [4.69, 9.17) is 0 Å². The fraction of sp³-hybridized carbons (Fsp3) is 0.375. The zero-order valence-corrected chi connectivity index (χ0v) is 13.3. The van der Waals surface area contributed by atoms with Crippen molar-refractivity contribution in [3.05, 3.63) is 40.1 Å². The van der Waals surface area contributed by atoms with Crippen molar-refractivity contribution < 1.29 is 9.72 Å². The first-order valence-corrected chi connectivity index (χ1v) is 7.58. The Bertz CT molecular complexity index is 731. The highest BCUT2D eigenvalue weighted by Gasteiger charge is 2.15. The summed E-state index contributed by atoms with van der Waals surface area (Å²) in [6.07, 6.45) is 1.24. The summed E-state index contributed by atoms with van der Waals surface area (Å²) >= 11 is 0. The molecule has 0 aliphatic carbocycles. The lowest BCUT2D eigenvalue weighted by Gasteiger charge is -2.11. The van der Waals surface area contributed by atoms with Crippen molar-refractivity contribution in [1.29, 1.82) is 0 Å². The van der Waals surface area contributed by atoms with Gasteiger partial charge in [0, 0.05) is 42.3 Å². The van der Waals surface area contributed by atoms with Crippen LogP contribution in [0.1, 0.15) is 25.5 Å². The molecule has 7 heteroatoms. The fourth-order valence-electron chi connectivity index (χ4n) is 2.32. The second kappa shape index (κ2) is 7.53. The van der Waals surface area contributed by atoms with E-state index in [1.54, 1.807) is 19.1 Å². The van der Waals surface area contributed by atoms with Crippen molar-refractivity contribution >= 4 is 28.2 Å². The number of nitrogens with zero attached hydrogens (tertiary/aromatic N) is 2. The topological polar surface area (TPSA) is 97.2 Å². The number of carbonyl (C=O) groups is 1. The third-order valence-electron chi connectivity index (χ3n) is 3.38. The molecule has 1 aromatic heterocycles. The Morgan fingerprint density at radius 2 is 2.13 bits per heavy atom. The predicted octanol–water partition coefficient (Wildman–Crippen LogP) is 2.78. The quantitative estimate of drug-likeness (QED) is 0.604. The number of benzene rings is 1. The molecule has 0 radical (unpaired) electrons. The van der Waals surface area contributed by atoms with Crippen molar-refractivity contribution in [3.63, 3.8) is 0 Å². The largest absolute Gasteiger partial charge is 0.384 e. The van der Waals surface area contributed by atoms with Crippen LogP contribution in [0.25, 0.3) is 10.9 Å². The Hall–Kier alpha value is -2.70. The molecule has 1 amide bonds. The standard InChI is InChI=1S/C16H20N4O3/c1-3-8-18-15(21)7-9-17-13-10-11(2)19-16-12(13)5-4-6-14(16)20(22)23/h4-6,10H,3,7-9H2,1-2H3,(H,17,19)(H,18,21). The van der Waals surface area contributed by atoms with Crippen LogP contribution in [0.2, 0.25) is 0 Å². The van der Waals surface area contributed by atoms with E-state index in [0.29, 0.717) is 36.1 Å². The number of aryl methyl sites for hydroxylation is 1. The molecule has 7 nitrogen and oxygen atoms in total. The normalized spacial score (nSPS) is 10.5. The highest BCUT2D eigenvalue weighted by atomic mass is 16.6. The second-order valence-electron chi connectivity index (χ2n) is 5.27. The first-order valence-electron chi connectivity index (χ1n) is 7.58. The van der Waals surface area contributed by atoms with E-state index in [1.165, 1.54) is 6.07 Å². The molecule has 0 unspecified atom stereocenters. The number of aromatic nitrogens is 1. The Kier molecular flexibility index (Phi) is 5.46. The summed E-state index contributed by atoms with van der Waals surface area (Å²) in [4.78, 5) is 26.6. The van der Waals surface area contributed by atoms with Gasteiger partial charge in [-0.05, 0) is 19.4 Å². The van der Waals surface area contributed by atoms with Crippen molar-refractivity contribution in [1.82, 2.24) is 10.3 Å². The van der Waals surface area contributed by atoms with Crippen LogP contribution in [0, 0.1) is 17.0 Å². The van der Waals surface area contributed by atoms with Gasteiger partial charge in [-0.3, -0.25) is 14.9 Å². The van der Waals surface area contributed by atoms with E-state index >= 15 is 0 Å². The van der Waals surface area contributed by atoms with Crippen LogP contribution >= 0.6 is 0 Å². The van der Waals surface area contributed by atoms with Gasteiger partial charge in [-0.1, -0.05) is 19.1 Å². The molecule has 0 saturated heterocycles. The zero-order chi connectivity index (χ0) is 16.8. The van der Waals surface area contributed by atoms with Crippen LogP contribution in [0.4, 0.5) is 11.4 Å². The molecule has 1 aromatic carbocycles. The molecular formula is C16H20N4O3. The minimum atomic E-state index is -0.434. The Balaban J connectivity index is 2.19. The molecule has 122 valence electrons. The van der Waals surface area contributed by atoms with Crippen LogP contribution in [-0.2, 0) is 4.79 Å². The van der Waals surface area contributed by atoms with Crippen LogP contribution in [0.15, 0.2) is 24.3 Å². The number of hydrogen-bond donors (Lipinski definition) is 2. The number of rotatable bonds is 7. The second-order valence-corrected chi connectivity index (χ2v) is 5.27. The highest BCUT2D eigenvalue weighted by Crippen LogP contribution is 2.29. The van der Waals surface area contributed by atoms with E-state index in [-0.39, 0.29) is 11.6 Å². The monoisotopic (exact) mass is 316 g/mol. The summed E-state index contributed by atoms with van der Waals surface area (Å²) in [5, 5.41) is 17.8. The van der Waals surface area contributed by atoms with E-state index in [1.807, 2.05) is 13.0 Å². The molecule has 0 fully saturated rings. The molecule has 0 bridgehead atoms. The van der Waals surface area contributed by atoms with Gasteiger partial charge < -0.3 is 10.6 Å². The van der Waals surface area contributed by atoms with Crippen molar-refractivity contribution in [2.24, 2.45) is 0 Å². The minimum absolute atomic E-state index is 0.0135. The number of carbonyl (C=O) groups excluding carboxylic acids is 1. The molecule has 0 spiro atoms. The number of nitro groups is 1. The first kappa shape index (κ1) is 16.7. The van der Waals surface area contributed by atoms with Gasteiger partial charge in [0.1, 0.15) is 0 Å². The molecule has 0 aliphatic heterocycles.